The third-order valence-corrected chi connectivity index (χ3v) is 5.63. The highest BCUT2D eigenvalue weighted by Crippen LogP contribution is 2.29. The number of methoxy groups -OCH3 is 1. The first-order valence-corrected chi connectivity index (χ1v) is 10.5. The largest absolute Gasteiger partial charge is 0.501 e. The smallest absolute Gasteiger partial charge is 0.159 e. The average molecular weight is 399 g/mol. The van der Waals surface area contributed by atoms with Crippen LogP contribution in [0.5, 0.6) is 0 Å². The van der Waals surface area contributed by atoms with Gasteiger partial charge in [-0.2, -0.15) is 0 Å². The van der Waals surface area contributed by atoms with Crippen molar-refractivity contribution in [3.63, 3.8) is 0 Å². The summed E-state index contributed by atoms with van der Waals surface area (Å²) in [5.74, 6) is 0.879. The summed E-state index contributed by atoms with van der Waals surface area (Å²) in [7, 11) is 1.61. The number of aromatic nitrogens is 1. The number of ether oxygens (including phenoxy) is 1. The highest BCUT2D eigenvalue weighted by Gasteiger charge is 2.16. The maximum atomic E-state index is 12.0. The Hall–Kier alpha value is -2.40. The molecule has 1 aromatic heterocycles. The molecule has 1 aromatic carbocycles. The first kappa shape index (κ1) is 22.9. The van der Waals surface area contributed by atoms with E-state index in [1.54, 1.807) is 14.0 Å². The van der Waals surface area contributed by atoms with Gasteiger partial charge in [0.25, 0.3) is 0 Å². The molecule has 1 heterocycles. The molecule has 0 aliphatic rings. The lowest BCUT2D eigenvalue weighted by atomic mass is 10.1. The van der Waals surface area contributed by atoms with Crippen LogP contribution in [0.4, 0.5) is 0 Å². The van der Waals surface area contributed by atoms with Crippen LogP contribution in [0, 0.1) is 6.92 Å². The van der Waals surface area contributed by atoms with Gasteiger partial charge in [0, 0.05) is 47.7 Å². The number of ketones is 2. The maximum absolute atomic E-state index is 12.0. The van der Waals surface area contributed by atoms with Crippen LogP contribution in [-0.4, -0.2) is 47.8 Å². The minimum Gasteiger partial charge on any atom is -0.501 e. The van der Waals surface area contributed by atoms with Gasteiger partial charge in [0.05, 0.1) is 13.5 Å². The van der Waals surface area contributed by atoms with Gasteiger partial charge in [0.15, 0.2) is 5.78 Å². The van der Waals surface area contributed by atoms with Crippen molar-refractivity contribution in [3.05, 3.63) is 40.8 Å². The topological polar surface area (TPSA) is 51.5 Å². The van der Waals surface area contributed by atoms with Crippen molar-refractivity contribution < 1.29 is 14.3 Å². The number of carbonyl (C=O) groups is 2. The summed E-state index contributed by atoms with van der Waals surface area (Å²) in [6, 6.07) is 5.90. The number of hydrogen-bond acceptors (Lipinski definition) is 4. The molecule has 0 saturated heterocycles. The number of carbonyl (C=O) groups excluding carboxylic acids is 2. The van der Waals surface area contributed by atoms with Gasteiger partial charge >= 0.3 is 0 Å². The summed E-state index contributed by atoms with van der Waals surface area (Å²) < 4.78 is 7.81. The van der Waals surface area contributed by atoms with Crippen molar-refractivity contribution in [1.29, 1.82) is 0 Å². The zero-order valence-electron chi connectivity index (χ0n) is 18.7. The summed E-state index contributed by atoms with van der Waals surface area (Å²) in [5, 5.41) is 1.07. The molecule has 0 atom stereocenters. The number of hydrogen-bond donors (Lipinski definition) is 0. The van der Waals surface area contributed by atoms with Crippen molar-refractivity contribution >= 4 is 28.5 Å². The van der Waals surface area contributed by atoms with E-state index < -0.39 is 0 Å². The summed E-state index contributed by atoms with van der Waals surface area (Å²) in [6.45, 7) is 13.6. The molecule has 5 nitrogen and oxygen atoms in total. The van der Waals surface area contributed by atoms with Gasteiger partial charge in [0.1, 0.15) is 11.5 Å². The maximum Gasteiger partial charge on any atom is 0.159 e. The summed E-state index contributed by atoms with van der Waals surface area (Å²) >= 11 is 0. The molecular weight excluding hydrogens is 364 g/mol. The quantitative estimate of drug-likeness (QED) is 0.401. The number of fused-ring (bicyclic) bond motifs is 1. The molecule has 158 valence electrons. The van der Waals surface area contributed by atoms with E-state index >= 15 is 0 Å². The second kappa shape index (κ2) is 10.4. The molecule has 0 aliphatic heterocycles. The lowest BCUT2D eigenvalue weighted by molar-refractivity contribution is -0.118. The number of Topliss-reactive ketones (excluding diaryl/α,β-unsaturated/α-hetero) is 2. The van der Waals surface area contributed by atoms with Crippen molar-refractivity contribution in [1.82, 2.24) is 9.47 Å². The molecule has 0 spiro atoms. The highest BCUT2D eigenvalue weighted by molar-refractivity contribution is 5.99. The minimum atomic E-state index is 0.0606. The van der Waals surface area contributed by atoms with Gasteiger partial charge in [0.2, 0.25) is 0 Å². The predicted molar refractivity (Wildman–Crippen MR) is 119 cm³/mol. The lowest BCUT2D eigenvalue weighted by Gasteiger charge is -2.20. The van der Waals surface area contributed by atoms with Gasteiger partial charge in [-0.15, -0.1) is 0 Å². The first-order valence-electron chi connectivity index (χ1n) is 10.5. The lowest BCUT2D eigenvalue weighted by Crippen LogP contribution is -2.27. The number of nitrogens with zero attached hydrogens (tertiary/aromatic N) is 2. The Morgan fingerprint density at radius 2 is 1.86 bits per heavy atom. The van der Waals surface area contributed by atoms with E-state index in [0.29, 0.717) is 24.2 Å². The molecule has 0 bridgehead atoms. The molecule has 0 amide bonds. The number of aryl methyl sites for hydroxylation is 1. The summed E-state index contributed by atoms with van der Waals surface area (Å²) in [5.41, 5.74) is 3.95. The molecule has 0 unspecified atom stereocenters. The van der Waals surface area contributed by atoms with E-state index in [1.165, 1.54) is 0 Å². The molecule has 2 aromatic rings. The van der Waals surface area contributed by atoms with Crippen LogP contribution in [-0.2, 0) is 16.1 Å². The summed E-state index contributed by atoms with van der Waals surface area (Å²) in [4.78, 5) is 26.2. The van der Waals surface area contributed by atoms with Crippen LogP contribution in [0.1, 0.15) is 62.2 Å². The van der Waals surface area contributed by atoms with Crippen LogP contribution < -0.4 is 0 Å². The fourth-order valence-electron chi connectivity index (χ4n) is 3.62. The highest BCUT2D eigenvalue weighted by atomic mass is 16.5. The van der Waals surface area contributed by atoms with E-state index in [9.17, 15) is 9.59 Å². The molecule has 0 fully saturated rings. The molecule has 5 heteroatoms. The van der Waals surface area contributed by atoms with Crippen LogP contribution in [0.3, 0.4) is 0 Å². The van der Waals surface area contributed by atoms with Gasteiger partial charge in [-0.05, 0) is 50.7 Å². The number of allylic oxidation sites excluding steroid dienone is 1. The molecule has 0 aliphatic carbocycles. The van der Waals surface area contributed by atoms with Crippen molar-refractivity contribution in [3.8, 4) is 0 Å². The fraction of sp³-hybridized carbons (Fsp3) is 0.500. The SMILES string of the molecule is CCC(=O)C/C(=C\c1c(C)c2cc(C(C)=O)ccc2n1CCN(CC)CC)OC. The molecule has 2 rings (SSSR count). The second-order valence-corrected chi connectivity index (χ2v) is 7.36. The standard InChI is InChI=1S/C24H34N2O3/c1-7-20(28)15-21(29-6)16-24-17(4)22-14-19(18(5)27)10-11-23(22)26(24)13-12-25(8-2)9-3/h10-11,14,16H,7-9,12-13,15H2,1-6H3/b21-16+. The number of benzene rings is 1. The Bertz CT molecular complexity index is 904. The van der Waals surface area contributed by atoms with Crippen LogP contribution in [0.15, 0.2) is 24.0 Å². The Morgan fingerprint density at radius 3 is 2.41 bits per heavy atom. The monoisotopic (exact) mass is 398 g/mol. The van der Waals surface area contributed by atoms with Crippen molar-refractivity contribution in [2.75, 3.05) is 26.7 Å². The number of likely N-dealkylation sites (N-methyl/N-ethyl adjacent to an activating group) is 1. The zero-order chi connectivity index (χ0) is 21.6. The van der Waals surface area contributed by atoms with E-state index in [0.717, 1.165) is 48.3 Å². The normalized spacial score (nSPS) is 12.0. The van der Waals surface area contributed by atoms with Crippen molar-refractivity contribution in [2.24, 2.45) is 0 Å². The van der Waals surface area contributed by atoms with Crippen molar-refractivity contribution in [2.45, 2.75) is 54.0 Å². The second-order valence-electron chi connectivity index (χ2n) is 7.36. The molecule has 0 radical (unpaired) electrons. The molecule has 0 N–H and O–H groups in total. The van der Waals surface area contributed by atoms with E-state index in [2.05, 4.69) is 30.2 Å². The van der Waals surface area contributed by atoms with E-state index in [1.807, 2.05) is 31.2 Å². The Labute approximate surface area is 174 Å². The van der Waals surface area contributed by atoms with Gasteiger partial charge in [-0.3, -0.25) is 9.59 Å². The third kappa shape index (κ3) is 5.36. The van der Waals surface area contributed by atoms with Gasteiger partial charge in [-0.1, -0.05) is 20.8 Å². The average Bonchev–Trinajstić information content (AvgIpc) is 2.98. The molecule has 0 saturated carbocycles. The van der Waals surface area contributed by atoms with E-state index in [4.69, 9.17) is 4.74 Å². The Morgan fingerprint density at radius 1 is 1.17 bits per heavy atom. The third-order valence-electron chi connectivity index (χ3n) is 5.63. The predicted octanol–water partition coefficient (Wildman–Crippen LogP) is 4.85. The fourth-order valence-corrected chi connectivity index (χ4v) is 3.62. The zero-order valence-corrected chi connectivity index (χ0v) is 18.7. The Kier molecular flexibility index (Phi) is 8.21. The van der Waals surface area contributed by atoms with Gasteiger partial charge in [-0.25, -0.2) is 0 Å². The van der Waals surface area contributed by atoms with E-state index in [-0.39, 0.29) is 11.6 Å². The van der Waals surface area contributed by atoms with Gasteiger partial charge < -0.3 is 14.2 Å². The van der Waals surface area contributed by atoms with Crippen LogP contribution >= 0.6 is 0 Å². The summed E-state index contributed by atoms with van der Waals surface area (Å²) in [6.07, 6.45) is 2.77. The Balaban J connectivity index is 2.60. The number of rotatable bonds is 11. The molecular formula is C24H34N2O3. The molecule has 29 heavy (non-hydrogen) atoms. The van der Waals surface area contributed by atoms with Crippen LogP contribution in [0.25, 0.3) is 17.0 Å². The van der Waals surface area contributed by atoms with Crippen LogP contribution in [0.2, 0.25) is 0 Å². The first-order chi connectivity index (χ1) is 13.9. The minimum absolute atomic E-state index is 0.0606.